The number of nitrogens with zero attached hydrogens (tertiary/aromatic N) is 3. The van der Waals surface area contributed by atoms with Crippen LogP contribution in [0.3, 0.4) is 0 Å². The van der Waals surface area contributed by atoms with Crippen LogP contribution in [0.15, 0.2) is 48.8 Å². The van der Waals surface area contributed by atoms with E-state index < -0.39 is 0 Å². The van der Waals surface area contributed by atoms with Crippen molar-refractivity contribution in [1.29, 1.82) is 0 Å². The van der Waals surface area contributed by atoms with Crippen molar-refractivity contribution in [2.45, 2.75) is 57.5 Å². The van der Waals surface area contributed by atoms with Crippen LogP contribution in [0.5, 0.6) is 11.5 Å². The summed E-state index contributed by atoms with van der Waals surface area (Å²) in [5.41, 5.74) is 4.09. The molecular weight excluding hydrogens is 460 g/mol. The molecule has 1 saturated heterocycles. The highest BCUT2D eigenvalue weighted by atomic mass is 35.5. The lowest BCUT2D eigenvalue weighted by atomic mass is 9.92. The molecule has 6 rings (SSSR count). The SMILES string of the molecule is C[C@H]1CCc2c(ccc(-c3cnn(C4CCNCC4)c3)c2Oc2cccc(Cl)c2)N1C(=O)C1CC1. The average molecular weight is 491 g/mol. The second kappa shape index (κ2) is 9.32. The molecule has 7 heteroatoms. The molecule has 35 heavy (non-hydrogen) atoms. The Bertz CT molecular complexity index is 1250. The first-order chi connectivity index (χ1) is 17.1. The molecule has 0 radical (unpaired) electrons. The predicted molar refractivity (Wildman–Crippen MR) is 138 cm³/mol. The Kier molecular flexibility index (Phi) is 6.02. The lowest BCUT2D eigenvalue weighted by Crippen LogP contribution is -2.43. The van der Waals surface area contributed by atoms with E-state index in [1.807, 2.05) is 35.4 Å². The maximum Gasteiger partial charge on any atom is 0.230 e. The number of anilines is 1. The van der Waals surface area contributed by atoms with E-state index in [9.17, 15) is 4.79 Å². The van der Waals surface area contributed by atoms with Gasteiger partial charge in [0, 0.05) is 39.9 Å². The van der Waals surface area contributed by atoms with Crippen LogP contribution in [-0.2, 0) is 11.2 Å². The third-order valence-corrected chi connectivity index (χ3v) is 7.76. The van der Waals surface area contributed by atoms with Crippen LogP contribution in [-0.4, -0.2) is 34.8 Å². The Morgan fingerprint density at radius 2 is 1.94 bits per heavy atom. The lowest BCUT2D eigenvalue weighted by Gasteiger charge is -2.36. The quantitative estimate of drug-likeness (QED) is 0.476. The molecule has 0 unspecified atom stereocenters. The molecule has 1 amide bonds. The van der Waals surface area contributed by atoms with Crippen molar-refractivity contribution in [2.24, 2.45) is 5.92 Å². The topological polar surface area (TPSA) is 59.4 Å². The second-order valence-corrected chi connectivity index (χ2v) is 10.5. The number of aromatic nitrogens is 2. The Hall–Kier alpha value is -2.83. The van der Waals surface area contributed by atoms with E-state index in [1.165, 1.54) is 0 Å². The molecule has 2 aromatic carbocycles. The van der Waals surface area contributed by atoms with Crippen molar-refractivity contribution in [3.8, 4) is 22.6 Å². The number of ether oxygens (including phenoxy) is 1. The molecular formula is C28H31ClN4O2. The van der Waals surface area contributed by atoms with Crippen LogP contribution >= 0.6 is 11.6 Å². The van der Waals surface area contributed by atoms with E-state index in [1.54, 1.807) is 0 Å². The van der Waals surface area contributed by atoms with Gasteiger partial charge >= 0.3 is 0 Å². The first-order valence-corrected chi connectivity index (χ1v) is 13.1. The highest BCUT2D eigenvalue weighted by molar-refractivity contribution is 6.30. The Morgan fingerprint density at radius 1 is 1.11 bits per heavy atom. The van der Waals surface area contributed by atoms with E-state index in [0.29, 0.717) is 16.8 Å². The largest absolute Gasteiger partial charge is 0.456 e. The summed E-state index contributed by atoms with van der Waals surface area (Å²) < 4.78 is 8.67. The van der Waals surface area contributed by atoms with Crippen LogP contribution in [0.1, 0.15) is 50.6 Å². The fourth-order valence-corrected chi connectivity index (χ4v) is 5.59. The molecule has 1 aliphatic carbocycles. The Labute approximate surface area is 211 Å². The number of halogens is 1. The molecule has 3 aromatic rings. The van der Waals surface area contributed by atoms with Gasteiger partial charge in [-0.15, -0.1) is 0 Å². The smallest absolute Gasteiger partial charge is 0.230 e. The zero-order chi connectivity index (χ0) is 23.9. The summed E-state index contributed by atoms with van der Waals surface area (Å²) in [6.45, 7) is 4.19. The van der Waals surface area contributed by atoms with Gasteiger partial charge in [0.2, 0.25) is 5.91 Å². The Morgan fingerprint density at radius 3 is 2.71 bits per heavy atom. The number of rotatable bonds is 5. The van der Waals surface area contributed by atoms with Gasteiger partial charge in [0.25, 0.3) is 0 Å². The van der Waals surface area contributed by atoms with Crippen molar-refractivity contribution < 1.29 is 9.53 Å². The van der Waals surface area contributed by atoms with Crippen molar-refractivity contribution in [1.82, 2.24) is 15.1 Å². The number of fused-ring (bicyclic) bond motifs is 1. The van der Waals surface area contributed by atoms with Crippen LogP contribution in [0.4, 0.5) is 5.69 Å². The second-order valence-electron chi connectivity index (χ2n) is 10.1. The number of benzene rings is 2. The van der Waals surface area contributed by atoms with Gasteiger partial charge < -0.3 is 15.0 Å². The van der Waals surface area contributed by atoms with E-state index in [4.69, 9.17) is 21.4 Å². The standard InChI is InChI=1S/C28H31ClN4O2/c1-18-5-8-25-26(33(18)28(34)19-6-7-19)10-9-24(27(25)35-23-4-2-3-21(29)15-23)20-16-31-32(17-20)22-11-13-30-14-12-22/h2-4,9-10,15-19,22,30H,5-8,11-14H2,1H3/t18-/m0/s1. The summed E-state index contributed by atoms with van der Waals surface area (Å²) in [6.07, 6.45) is 10.00. The monoisotopic (exact) mass is 490 g/mol. The van der Waals surface area contributed by atoms with Crippen LogP contribution in [0, 0.1) is 5.92 Å². The third-order valence-electron chi connectivity index (χ3n) is 7.52. The summed E-state index contributed by atoms with van der Waals surface area (Å²) in [6, 6.07) is 12.3. The minimum Gasteiger partial charge on any atom is -0.456 e. The summed E-state index contributed by atoms with van der Waals surface area (Å²) in [7, 11) is 0. The average Bonchev–Trinajstić information content (AvgIpc) is 3.61. The van der Waals surface area contributed by atoms with Crippen molar-refractivity contribution in [3.63, 3.8) is 0 Å². The maximum absolute atomic E-state index is 13.2. The van der Waals surface area contributed by atoms with Gasteiger partial charge in [-0.05, 0) is 88.9 Å². The van der Waals surface area contributed by atoms with E-state index in [-0.39, 0.29) is 17.9 Å². The number of amides is 1. The number of nitrogens with one attached hydrogen (secondary N) is 1. The van der Waals surface area contributed by atoms with E-state index >= 15 is 0 Å². The predicted octanol–water partition coefficient (Wildman–Crippen LogP) is 6.00. The molecule has 3 heterocycles. The highest BCUT2D eigenvalue weighted by Crippen LogP contribution is 2.46. The molecule has 6 nitrogen and oxygen atoms in total. The van der Waals surface area contributed by atoms with E-state index in [0.717, 1.165) is 79.7 Å². The minimum atomic E-state index is 0.170. The zero-order valence-electron chi connectivity index (χ0n) is 20.0. The Balaban J connectivity index is 1.44. The number of carbonyl (C=O) groups is 1. The third kappa shape index (κ3) is 4.45. The van der Waals surface area contributed by atoms with Gasteiger partial charge in [0.1, 0.15) is 11.5 Å². The zero-order valence-corrected chi connectivity index (χ0v) is 20.8. The number of hydrogen-bond acceptors (Lipinski definition) is 4. The van der Waals surface area contributed by atoms with Crippen LogP contribution in [0.25, 0.3) is 11.1 Å². The highest BCUT2D eigenvalue weighted by Gasteiger charge is 2.39. The number of piperidine rings is 1. The molecule has 1 saturated carbocycles. The lowest BCUT2D eigenvalue weighted by molar-refractivity contribution is -0.120. The van der Waals surface area contributed by atoms with Gasteiger partial charge in [-0.25, -0.2) is 0 Å². The molecule has 182 valence electrons. The van der Waals surface area contributed by atoms with Gasteiger partial charge in [0.05, 0.1) is 17.9 Å². The molecule has 2 aliphatic heterocycles. The number of hydrogen-bond donors (Lipinski definition) is 1. The van der Waals surface area contributed by atoms with Gasteiger partial charge in [-0.3, -0.25) is 9.48 Å². The minimum absolute atomic E-state index is 0.170. The molecule has 3 aliphatic rings. The van der Waals surface area contributed by atoms with Crippen molar-refractivity contribution >= 4 is 23.2 Å². The van der Waals surface area contributed by atoms with Gasteiger partial charge in [-0.2, -0.15) is 5.10 Å². The summed E-state index contributed by atoms with van der Waals surface area (Å²) in [5.74, 6) is 1.91. The molecule has 0 spiro atoms. The van der Waals surface area contributed by atoms with Crippen molar-refractivity contribution in [3.05, 3.63) is 59.4 Å². The molecule has 1 N–H and O–H groups in total. The summed E-state index contributed by atoms with van der Waals surface area (Å²) in [4.78, 5) is 15.2. The fourth-order valence-electron chi connectivity index (χ4n) is 5.41. The van der Waals surface area contributed by atoms with E-state index in [2.05, 4.69) is 35.3 Å². The van der Waals surface area contributed by atoms with Crippen LogP contribution < -0.4 is 15.0 Å². The normalized spacial score (nSPS) is 20.5. The van der Waals surface area contributed by atoms with Gasteiger partial charge in [0.15, 0.2) is 0 Å². The van der Waals surface area contributed by atoms with Gasteiger partial charge in [-0.1, -0.05) is 17.7 Å². The summed E-state index contributed by atoms with van der Waals surface area (Å²) >= 11 is 6.27. The van der Waals surface area contributed by atoms with Crippen molar-refractivity contribution in [2.75, 3.05) is 18.0 Å². The first kappa shape index (κ1) is 22.6. The fraction of sp³-hybridized carbons (Fsp3) is 0.429. The molecule has 2 fully saturated rings. The molecule has 1 aromatic heterocycles. The number of carbonyl (C=O) groups excluding carboxylic acids is 1. The molecule has 0 bridgehead atoms. The first-order valence-electron chi connectivity index (χ1n) is 12.8. The van der Waals surface area contributed by atoms with Crippen LogP contribution in [0.2, 0.25) is 5.02 Å². The maximum atomic E-state index is 13.2. The summed E-state index contributed by atoms with van der Waals surface area (Å²) in [5, 5.41) is 8.78. The molecule has 1 atom stereocenters.